The van der Waals surface area contributed by atoms with Gasteiger partial charge in [-0.25, -0.2) is 0 Å². The van der Waals surface area contributed by atoms with Crippen molar-refractivity contribution in [3.63, 3.8) is 0 Å². The standard InChI is InChI=1S/C9H19NS2.Ca.2H/c1-3-5-6-8(4-2)7-10-9(11)12;;;/h8H,3-7H2,1-2H3,(H2,10,11,12);;;/q;+2;2*-1. The van der Waals surface area contributed by atoms with Crippen molar-refractivity contribution in [2.24, 2.45) is 5.92 Å². The van der Waals surface area contributed by atoms with Gasteiger partial charge < -0.3 is 8.17 Å². The molecule has 1 nitrogen and oxygen atoms in total. The van der Waals surface area contributed by atoms with Gasteiger partial charge in [0, 0.05) is 6.54 Å². The summed E-state index contributed by atoms with van der Waals surface area (Å²) in [6, 6.07) is 0. The van der Waals surface area contributed by atoms with Crippen LogP contribution in [-0.2, 0) is 0 Å². The second kappa shape index (κ2) is 11.6. The van der Waals surface area contributed by atoms with Crippen molar-refractivity contribution >= 4 is 66.9 Å². The van der Waals surface area contributed by atoms with Gasteiger partial charge in [0.1, 0.15) is 4.32 Å². The van der Waals surface area contributed by atoms with Crippen LogP contribution in [0.2, 0.25) is 0 Å². The van der Waals surface area contributed by atoms with E-state index >= 15 is 0 Å². The minimum absolute atomic E-state index is 0. The zero-order valence-electron chi connectivity index (χ0n) is 10.7. The molecule has 0 bridgehead atoms. The molecule has 0 fully saturated rings. The Morgan fingerprint density at radius 1 is 1.54 bits per heavy atom. The molecule has 0 aromatic heterocycles. The van der Waals surface area contributed by atoms with E-state index in [-0.39, 0.29) is 40.6 Å². The first-order valence-corrected chi connectivity index (χ1v) is 5.53. The van der Waals surface area contributed by atoms with E-state index in [0.717, 1.165) is 12.5 Å². The maximum atomic E-state index is 4.83. The van der Waals surface area contributed by atoms with Crippen LogP contribution in [-0.4, -0.2) is 48.6 Å². The van der Waals surface area contributed by atoms with E-state index < -0.39 is 0 Å². The maximum absolute atomic E-state index is 4.83. The molecule has 0 spiro atoms. The molecular formula is C9H21CaNS2. The molecule has 0 rings (SSSR count). The maximum Gasteiger partial charge on any atom is 2.00 e. The molecule has 0 aliphatic heterocycles. The van der Waals surface area contributed by atoms with Crippen LogP contribution in [0, 0.1) is 5.92 Å². The fourth-order valence-corrected chi connectivity index (χ4v) is 1.35. The van der Waals surface area contributed by atoms with E-state index in [2.05, 4.69) is 31.8 Å². The predicted molar refractivity (Wildman–Crippen MR) is 70.9 cm³/mol. The SMILES string of the molecule is CCCCC(CC)CNC(=S)S.[Ca+2].[H-].[H-]. The molecule has 0 aliphatic carbocycles. The predicted octanol–water partition coefficient (Wildman–Crippen LogP) is 2.85. The molecule has 76 valence electrons. The van der Waals surface area contributed by atoms with Gasteiger partial charge in [-0.3, -0.25) is 0 Å². The number of thiocarbonyl (C=S) groups is 1. The third-order valence-electron chi connectivity index (χ3n) is 2.09. The summed E-state index contributed by atoms with van der Waals surface area (Å²) in [5.41, 5.74) is 0. The zero-order chi connectivity index (χ0) is 9.40. The van der Waals surface area contributed by atoms with Crippen molar-refractivity contribution in [3.8, 4) is 0 Å². The molecule has 0 aromatic carbocycles. The topological polar surface area (TPSA) is 12.0 Å². The summed E-state index contributed by atoms with van der Waals surface area (Å²) < 4.78 is 0.616. The largest absolute Gasteiger partial charge is 2.00 e. The normalized spacial score (nSPS) is 11.6. The molecule has 0 heterocycles. The van der Waals surface area contributed by atoms with Crippen molar-refractivity contribution in [2.75, 3.05) is 6.54 Å². The molecule has 13 heavy (non-hydrogen) atoms. The Morgan fingerprint density at radius 3 is 2.54 bits per heavy atom. The van der Waals surface area contributed by atoms with Gasteiger partial charge in [0.05, 0.1) is 0 Å². The number of rotatable bonds is 6. The Balaban J connectivity index is -0.000000202. The average Bonchev–Trinajstić information content (AvgIpc) is 2.05. The first-order chi connectivity index (χ1) is 5.70. The molecule has 1 unspecified atom stereocenters. The zero-order valence-corrected chi connectivity index (χ0v) is 12.6. The number of thiol groups is 1. The first-order valence-electron chi connectivity index (χ1n) is 4.67. The number of unbranched alkanes of at least 4 members (excludes halogenated alkanes) is 1. The minimum atomic E-state index is 0. The van der Waals surface area contributed by atoms with E-state index in [4.69, 9.17) is 12.2 Å². The summed E-state index contributed by atoms with van der Waals surface area (Å²) >= 11 is 8.85. The van der Waals surface area contributed by atoms with Crippen LogP contribution in [0.5, 0.6) is 0 Å². The molecule has 0 aliphatic rings. The van der Waals surface area contributed by atoms with Crippen LogP contribution >= 0.6 is 24.8 Å². The molecule has 0 radical (unpaired) electrons. The summed E-state index contributed by atoms with van der Waals surface area (Å²) in [6.07, 6.45) is 5.13. The Labute approximate surface area is 126 Å². The molecule has 0 saturated heterocycles. The van der Waals surface area contributed by atoms with Gasteiger partial charge in [0.2, 0.25) is 0 Å². The van der Waals surface area contributed by atoms with Crippen LogP contribution in [0.1, 0.15) is 42.4 Å². The molecule has 1 atom stereocenters. The molecule has 0 saturated carbocycles. The van der Waals surface area contributed by atoms with Gasteiger partial charge in [-0.15, -0.1) is 12.6 Å². The second-order valence-electron chi connectivity index (χ2n) is 3.10. The van der Waals surface area contributed by atoms with Crippen LogP contribution in [0.4, 0.5) is 0 Å². The minimum Gasteiger partial charge on any atom is -1.00 e. The third kappa shape index (κ3) is 11.4. The van der Waals surface area contributed by atoms with Gasteiger partial charge in [-0.05, 0) is 12.3 Å². The summed E-state index contributed by atoms with van der Waals surface area (Å²) in [4.78, 5) is 0. The number of hydrogen-bond donors (Lipinski definition) is 2. The van der Waals surface area contributed by atoms with E-state index in [1.54, 1.807) is 0 Å². The smallest absolute Gasteiger partial charge is 1.00 e. The van der Waals surface area contributed by atoms with E-state index in [0.29, 0.717) is 4.32 Å². The average molecular weight is 247 g/mol. The van der Waals surface area contributed by atoms with E-state index in [1.807, 2.05) is 0 Å². The van der Waals surface area contributed by atoms with Gasteiger partial charge in [-0.1, -0.05) is 45.3 Å². The molecular weight excluding hydrogens is 226 g/mol. The Morgan fingerprint density at radius 2 is 2.15 bits per heavy atom. The van der Waals surface area contributed by atoms with Gasteiger partial charge in [0.25, 0.3) is 0 Å². The van der Waals surface area contributed by atoms with Crippen LogP contribution in [0.3, 0.4) is 0 Å². The molecule has 1 N–H and O–H groups in total. The first kappa shape index (κ1) is 16.9. The summed E-state index contributed by atoms with van der Waals surface area (Å²) in [5.74, 6) is 0.759. The monoisotopic (exact) mass is 247 g/mol. The fraction of sp³-hybridized carbons (Fsp3) is 0.889. The van der Waals surface area contributed by atoms with Crippen LogP contribution in [0.25, 0.3) is 0 Å². The van der Waals surface area contributed by atoms with Crippen molar-refractivity contribution in [1.82, 2.24) is 5.32 Å². The van der Waals surface area contributed by atoms with Crippen molar-refractivity contribution in [3.05, 3.63) is 0 Å². The Kier molecular flexibility index (Phi) is 15.1. The van der Waals surface area contributed by atoms with Crippen LogP contribution in [0.15, 0.2) is 0 Å². The fourth-order valence-electron chi connectivity index (χ4n) is 1.17. The Bertz CT molecular complexity index is 139. The summed E-state index contributed by atoms with van der Waals surface area (Å²) in [5, 5.41) is 3.10. The molecule has 4 heteroatoms. The quantitative estimate of drug-likeness (QED) is 0.425. The summed E-state index contributed by atoms with van der Waals surface area (Å²) in [6.45, 7) is 5.44. The van der Waals surface area contributed by atoms with E-state index in [9.17, 15) is 0 Å². The molecule has 0 aromatic rings. The number of nitrogens with one attached hydrogen (secondary N) is 1. The Hall–Kier alpha value is 1.50. The van der Waals surface area contributed by atoms with Gasteiger partial charge >= 0.3 is 37.7 Å². The van der Waals surface area contributed by atoms with Crippen molar-refractivity contribution in [2.45, 2.75) is 39.5 Å². The second-order valence-corrected chi connectivity index (χ2v) is 4.26. The van der Waals surface area contributed by atoms with Crippen LogP contribution < -0.4 is 5.32 Å². The number of hydrogen-bond acceptors (Lipinski definition) is 1. The third-order valence-corrected chi connectivity index (χ3v) is 2.39. The summed E-state index contributed by atoms with van der Waals surface area (Å²) in [7, 11) is 0. The van der Waals surface area contributed by atoms with Crippen molar-refractivity contribution in [1.29, 1.82) is 0 Å². The molecule has 0 amide bonds. The van der Waals surface area contributed by atoms with Gasteiger partial charge in [0.15, 0.2) is 0 Å². The van der Waals surface area contributed by atoms with Gasteiger partial charge in [-0.2, -0.15) is 0 Å². The van der Waals surface area contributed by atoms with Crippen molar-refractivity contribution < 1.29 is 2.85 Å². The van der Waals surface area contributed by atoms with E-state index in [1.165, 1.54) is 25.7 Å².